The number of ketones is 1. The lowest BCUT2D eigenvalue weighted by Gasteiger charge is -2.15. The monoisotopic (exact) mass is 420 g/mol. The number of aromatic nitrogens is 2. The normalized spacial score (nSPS) is 11.9. The molecule has 8 nitrogen and oxygen atoms in total. The first kappa shape index (κ1) is 19.5. The number of carbonyl (C=O) groups is 3. The number of nitrogens with zero attached hydrogens (tertiary/aromatic N) is 2. The number of rotatable bonds is 7. The van der Waals surface area contributed by atoms with Crippen molar-refractivity contribution in [2.75, 3.05) is 0 Å². The molecule has 0 saturated heterocycles. The Bertz CT molecular complexity index is 1230. The second-order valence-electron chi connectivity index (χ2n) is 6.46. The molecule has 3 heterocycles. The van der Waals surface area contributed by atoms with Gasteiger partial charge in [-0.1, -0.05) is 24.3 Å². The number of nitrogens with two attached hydrogens (primary N) is 1. The fraction of sp³-hybridized carbons (Fsp3) is 0.0952. The third-order valence-corrected chi connectivity index (χ3v) is 5.54. The van der Waals surface area contributed by atoms with Crippen molar-refractivity contribution in [2.24, 2.45) is 5.73 Å². The molecule has 1 unspecified atom stereocenters. The highest BCUT2D eigenvalue weighted by Gasteiger charge is 2.29. The molecule has 0 radical (unpaired) electrons. The number of carbonyl (C=O) groups excluding carboxylic acids is 3. The summed E-state index contributed by atoms with van der Waals surface area (Å²) in [6.45, 7) is 0. The molecule has 30 heavy (non-hydrogen) atoms. The Morgan fingerprint density at radius 3 is 2.67 bits per heavy atom. The van der Waals surface area contributed by atoms with Gasteiger partial charge < -0.3 is 15.5 Å². The molecule has 0 aliphatic carbocycles. The molecule has 4 rings (SSSR count). The summed E-state index contributed by atoms with van der Waals surface area (Å²) in [6, 6.07) is 11.7. The van der Waals surface area contributed by atoms with Crippen LogP contribution < -0.4 is 11.1 Å². The van der Waals surface area contributed by atoms with Crippen LogP contribution in [0.5, 0.6) is 0 Å². The molecule has 3 aromatic heterocycles. The van der Waals surface area contributed by atoms with Crippen molar-refractivity contribution in [3.05, 3.63) is 71.8 Å². The molecule has 1 atom stereocenters. The second-order valence-corrected chi connectivity index (χ2v) is 7.37. The largest absolute Gasteiger partial charge is 0.438 e. The van der Waals surface area contributed by atoms with Crippen molar-refractivity contribution in [1.82, 2.24) is 15.3 Å². The zero-order valence-corrected chi connectivity index (χ0v) is 16.4. The molecule has 0 fully saturated rings. The van der Waals surface area contributed by atoms with Crippen LogP contribution in [0.2, 0.25) is 0 Å². The molecule has 0 bridgehead atoms. The lowest BCUT2D eigenvalue weighted by atomic mass is 10.0. The molecular formula is C21H16N4O4S. The third-order valence-electron chi connectivity index (χ3n) is 4.53. The first-order valence-corrected chi connectivity index (χ1v) is 9.87. The van der Waals surface area contributed by atoms with Gasteiger partial charge in [-0.3, -0.25) is 19.4 Å². The zero-order valence-electron chi connectivity index (χ0n) is 15.6. The molecular weight excluding hydrogens is 404 g/mol. The molecule has 0 aliphatic rings. The highest BCUT2D eigenvalue weighted by Crippen LogP contribution is 2.27. The lowest BCUT2D eigenvalue weighted by Crippen LogP contribution is -2.47. The lowest BCUT2D eigenvalue weighted by molar-refractivity contribution is -0.137. The molecule has 150 valence electrons. The number of fused-ring (bicyclic) bond motifs is 1. The fourth-order valence-electron chi connectivity index (χ4n) is 3.11. The summed E-state index contributed by atoms with van der Waals surface area (Å²) in [6.07, 6.45) is 2.80. The molecule has 4 aromatic rings. The van der Waals surface area contributed by atoms with Crippen molar-refractivity contribution in [3.63, 3.8) is 0 Å². The van der Waals surface area contributed by atoms with E-state index >= 15 is 0 Å². The van der Waals surface area contributed by atoms with Crippen molar-refractivity contribution < 1.29 is 18.8 Å². The Balaban J connectivity index is 1.62. The number of Topliss-reactive ketones (excluding diaryl/α,β-unsaturated/α-hetero) is 1. The quantitative estimate of drug-likeness (QED) is 0.442. The van der Waals surface area contributed by atoms with E-state index in [4.69, 9.17) is 10.2 Å². The average Bonchev–Trinajstić information content (AvgIpc) is 3.41. The number of hydrogen-bond donors (Lipinski definition) is 2. The number of amides is 2. The number of nitrogens with one attached hydrogen (secondary N) is 1. The Labute approximate surface area is 174 Å². The molecule has 0 spiro atoms. The summed E-state index contributed by atoms with van der Waals surface area (Å²) in [7, 11) is 0. The summed E-state index contributed by atoms with van der Waals surface area (Å²) in [5.74, 6) is -2.81. The topological polar surface area (TPSA) is 128 Å². The number of pyridine rings is 1. The molecule has 0 saturated carbocycles. The van der Waals surface area contributed by atoms with Crippen LogP contribution in [-0.4, -0.2) is 33.6 Å². The van der Waals surface area contributed by atoms with Crippen molar-refractivity contribution >= 4 is 39.0 Å². The molecule has 9 heteroatoms. The molecule has 0 aliphatic heterocycles. The van der Waals surface area contributed by atoms with Gasteiger partial charge in [0.2, 0.25) is 11.5 Å². The first-order valence-electron chi connectivity index (χ1n) is 8.99. The summed E-state index contributed by atoms with van der Waals surface area (Å²) in [5, 5.41) is 5.41. The maximum absolute atomic E-state index is 12.9. The van der Waals surface area contributed by atoms with Gasteiger partial charge in [0.1, 0.15) is 11.7 Å². The molecule has 1 aromatic carbocycles. The number of hydrogen-bond acceptors (Lipinski definition) is 7. The summed E-state index contributed by atoms with van der Waals surface area (Å²) >= 11 is 1.52. The number of thiophene rings is 1. The van der Waals surface area contributed by atoms with E-state index in [0.717, 1.165) is 22.0 Å². The number of benzene rings is 1. The fourth-order valence-corrected chi connectivity index (χ4v) is 4.08. The standard InChI is InChI=1S/C21H16N4O4S/c22-20(27)18(26)15(9-12-10-30-16-7-2-1-5-13(12)16)25-21(28)19-17(24-11-29-19)14-6-3-4-8-23-14/h1-8,10-11,15H,9H2,(H2,22,27)(H,25,28). The van der Waals surface area contributed by atoms with Gasteiger partial charge in [0, 0.05) is 17.3 Å². The Morgan fingerprint density at radius 2 is 1.90 bits per heavy atom. The molecule has 3 N–H and O–H groups in total. The number of primary amides is 1. The van der Waals surface area contributed by atoms with E-state index in [-0.39, 0.29) is 17.9 Å². The zero-order chi connectivity index (χ0) is 21.1. The predicted molar refractivity (Wildman–Crippen MR) is 111 cm³/mol. The second kappa shape index (κ2) is 8.26. The maximum Gasteiger partial charge on any atom is 0.290 e. The summed E-state index contributed by atoms with van der Waals surface area (Å²) in [4.78, 5) is 45.0. The average molecular weight is 420 g/mol. The van der Waals surface area contributed by atoms with Gasteiger partial charge in [0.15, 0.2) is 6.39 Å². The Hall–Kier alpha value is -3.85. The van der Waals surface area contributed by atoms with Gasteiger partial charge in [-0.25, -0.2) is 4.98 Å². The smallest absolute Gasteiger partial charge is 0.290 e. The van der Waals surface area contributed by atoms with E-state index in [1.807, 2.05) is 29.6 Å². The minimum atomic E-state index is -1.14. The van der Waals surface area contributed by atoms with E-state index in [1.54, 1.807) is 24.4 Å². The van der Waals surface area contributed by atoms with E-state index in [2.05, 4.69) is 15.3 Å². The van der Waals surface area contributed by atoms with E-state index in [1.165, 1.54) is 11.3 Å². The van der Waals surface area contributed by atoms with Gasteiger partial charge in [-0.2, -0.15) is 0 Å². The molecule has 2 amide bonds. The van der Waals surface area contributed by atoms with Crippen LogP contribution in [0.3, 0.4) is 0 Å². The highest BCUT2D eigenvalue weighted by atomic mass is 32.1. The van der Waals surface area contributed by atoms with Crippen LogP contribution in [0.1, 0.15) is 16.1 Å². The Morgan fingerprint density at radius 1 is 1.10 bits per heavy atom. The van der Waals surface area contributed by atoms with Crippen molar-refractivity contribution in [2.45, 2.75) is 12.5 Å². The van der Waals surface area contributed by atoms with Gasteiger partial charge in [-0.15, -0.1) is 11.3 Å². The summed E-state index contributed by atoms with van der Waals surface area (Å²) in [5.41, 5.74) is 6.72. The van der Waals surface area contributed by atoms with Crippen molar-refractivity contribution in [3.8, 4) is 11.4 Å². The minimum Gasteiger partial charge on any atom is -0.438 e. The van der Waals surface area contributed by atoms with E-state index in [0.29, 0.717) is 5.69 Å². The van der Waals surface area contributed by atoms with Gasteiger partial charge in [0.25, 0.3) is 11.8 Å². The van der Waals surface area contributed by atoms with Crippen LogP contribution in [-0.2, 0) is 16.0 Å². The maximum atomic E-state index is 12.9. The minimum absolute atomic E-state index is 0.105. The van der Waals surface area contributed by atoms with Crippen LogP contribution in [0.15, 0.2) is 64.9 Å². The van der Waals surface area contributed by atoms with Crippen LogP contribution in [0.4, 0.5) is 0 Å². The van der Waals surface area contributed by atoms with Gasteiger partial charge >= 0.3 is 0 Å². The highest BCUT2D eigenvalue weighted by molar-refractivity contribution is 7.17. The van der Waals surface area contributed by atoms with Crippen LogP contribution >= 0.6 is 11.3 Å². The Kier molecular flexibility index (Phi) is 5.36. The summed E-state index contributed by atoms with van der Waals surface area (Å²) < 4.78 is 6.28. The predicted octanol–water partition coefficient (Wildman–Crippen LogP) is 2.35. The van der Waals surface area contributed by atoms with E-state index in [9.17, 15) is 14.4 Å². The van der Waals surface area contributed by atoms with Crippen LogP contribution in [0, 0.1) is 0 Å². The van der Waals surface area contributed by atoms with Crippen molar-refractivity contribution in [1.29, 1.82) is 0 Å². The van der Waals surface area contributed by atoms with E-state index < -0.39 is 23.6 Å². The van der Waals surface area contributed by atoms with Crippen LogP contribution in [0.25, 0.3) is 21.5 Å². The van der Waals surface area contributed by atoms with Gasteiger partial charge in [-0.05, 0) is 34.5 Å². The number of oxazole rings is 1. The van der Waals surface area contributed by atoms with Gasteiger partial charge in [0.05, 0.1) is 5.69 Å². The first-order chi connectivity index (χ1) is 14.5. The third kappa shape index (κ3) is 3.83. The SMILES string of the molecule is NC(=O)C(=O)C(Cc1csc2ccccc12)NC(=O)c1ocnc1-c1ccccn1.